The Balaban J connectivity index is 2.01. The van der Waals surface area contributed by atoms with Gasteiger partial charge in [0.2, 0.25) is 0 Å². The Morgan fingerprint density at radius 3 is 2.42 bits per heavy atom. The van der Waals surface area contributed by atoms with Crippen molar-refractivity contribution in [2.24, 2.45) is 0 Å². The van der Waals surface area contributed by atoms with Crippen molar-refractivity contribution in [1.82, 2.24) is 15.0 Å². The fraction of sp³-hybridized carbons (Fsp3) is 0.263. The van der Waals surface area contributed by atoms with Crippen LogP contribution in [0.2, 0.25) is 0 Å². The maximum absolute atomic E-state index is 10.3. The molecule has 24 heavy (non-hydrogen) atoms. The molecule has 0 bridgehead atoms. The zero-order valence-corrected chi connectivity index (χ0v) is 14.1. The summed E-state index contributed by atoms with van der Waals surface area (Å²) >= 11 is 0. The second-order valence-corrected chi connectivity index (χ2v) is 6.35. The second-order valence-electron chi connectivity index (χ2n) is 6.35. The Morgan fingerprint density at radius 1 is 1.04 bits per heavy atom. The van der Waals surface area contributed by atoms with E-state index in [1.54, 1.807) is 16.9 Å². The number of aromatic hydroxyl groups is 2. The highest BCUT2D eigenvalue weighted by molar-refractivity contribution is 5.69. The Morgan fingerprint density at radius 2 is 1.75 bits per heavy atom. The summed E-state index contributed by atoms with van der Waals surface area (Å²) in [6.45, 7) is 6.61. The van der Waals surface area contributed by atoms with Gasteiger partial charge in [0.05, 0.1) is 18.4 Å². The van der Waals surface area contributed by atoms with Gasteiger partial charge < -0.3 is 10.2 Å². The smallest absolute Gasteiger partial charge is 0.128 e. The van der Waals surface area contributed by atoms with Gasteiger partial charge in [-0.2, -0.15) is 0 Å². The summed E-state index contributed by atoms with van der Waals surface area (Å²) in [6, 6.07) is 11.4. The van der Waals surface area contributed by atoms with Crippen molar-refractivity contribution >= 4 is 0 Å². The molecule has 3 aromatic rings. The molecular formula is C19H21N3O2. The first-order chi connectivity index (χ1) is 11.5. The molecule has 0 aliphatic heterocycles. The van der Waals surface area contributed by atoms with Crippen LogP contribution in [0.15, 0.2) is 42.6 Å². The normalized spacial score (nSPS) is 11.2. The van der Waals surface area contributed by atoms with Gasteiger partial charge in [-0.25, -0.2) is 4.68 Å². The highest BCUT2D eigenvalue weighted by atomic mass is 16.3. The van der Waals surface area contributed by atoms with E-state index < -0.39 is 0 Å². The number of hydrogen-bond donors (Lipinski definition) is 2. The molecule has 0 atom stereocenters. The molecule has 2 N–H and O–H groups in total. The van der Waals surface area contributed by atoms with Gasteiger partial charge in [0.25, 0.3) is 0 Å². The molecule has 5 heteroatoms. The minimum atomic E-state index is 0.0179. The molecule has 1 aromatic heterocycles. The maximum atomic E-state index is 10.3. The van der Waals surface area contributed by atoms with Crippen LogP contribution in [-0.4, -0.2) is 25.2 Å². The average molecular weight is 323 g/mol. The van der Waals surface area contributed by atoms with Crippen molar-refractivity contribution in [3.05, 3.63) is 59.3 Å². The van der Waals surface area contributed by atoms with Crippen molar-refractivity contribution in [3.63, 3.8) is 0 Å². The number of nitrogens with zero attached hydrogens (tertiary/aromatic N) is 3. The largest absolute Gasteiger partial charge is 0.508 e. The van der Waals surface area contributed by atoms with Crippen LogP contribution < -0.4 is 0 Å². The molecule has 0 saturated heterocycles. The van der Waals surface area contributed by atoms with E-state index in [0.29, 0.717) is 12.1 Å². The van der Waals surface area contributed by atoms with Gasteiger partial charge in [-0.3, -0.25) is 0 Å². The molecule has 0 spiro atoms. The van der Waals surface area contributed by atoms with E-state index >= 15 is 0 Å². The second kappa shape index (κ2) is 6.35. The van der Waals surface area contributed by atoms with E-state index in [4.69, 9.17) is 0 Å². The van der Waals surface area contributed by atoms with Crippen LogP contribution in [0.1, 0.15) is 36.5 Å². The predicted octanol–water partition coefficient (Wildman–Crippen LogP) is 3.84. The van der Waals surface area contributed by atoms with Gasteiger partial charge in [-0.1, -0.05) is 48.9 Å². The van der Waals surface area contributed by atoms with Crippen LogP contribution in [0, 0.1) is 6.92 Å². The van der Waals surface area contributed by atoms with E-state index in [-0.39, 0.29) is 17.4 Å². The van der Waals surface area contributed by atoms with Gasteiger partial charge in [0, 0.05) is 11.6 Å². The van der Waals surface area contributed by atoms with E-state index in [1.165, 1.54) is 11.6 Å². The summed E-state index contributed by atoms with van der Waals surface area (Å²) in [5.41, 5.74) is 4.43. The summed E-state index contributed by atoms with van der Waals surface area (Å²) < 4.78 is 1.75. The van der Waals surface area contributed by atoms with Crippen LogP contribution in [0.4, 0.5) is 0 Å². The molecule has 3 rings (SSSR count). The quantitative estimate of drug-likeness (QED) is 0.765. The van der Waals surface area contributed by atoms with Gasteiger partial charge in [-0.05, 0) is 30.0 Å². The standard InChI is InChI=1S/C19H21N3O2/c1-12(2)15-8-16(19(24)9-18(15)23)17-10-20-21-22(17)11-14-6-4-13(3)5-7-14/h4-10,12,23-24H,11H2,1-3H3. The first-order valence-electron chi connectivity index (χ1n) is 7.96. The summed E-state index contributed by atoms with van der Waals surface area (Å²) in [4.78, 5) is 0. The number of phenols is 2. The van der Waals surface area contributed by atoms with E-state index in [1.807, 2.05) is 20.8 Å². The maximum Gasteiger partial charge on any atom is 0.128 e. The molecule has 0 aliphatic carbocycles. The molecule has 2 aromatic carbocycles. The van der Waals surface area contributed by atoms with Crippen molar-refractivity contribution in [3.8, 4) is 22.8 Å². The molecule has 0 saturated carbocycles. The van der Waals surface area contributed by atoms with Gasteiger partial charge in [-0.15, -0.1) is 5.10 Å². The SMILES string of the molecule is Cc1ccc(Cn2nncc2-c2cc(C(C)C)c(O)cc2O)cc1. The fourth-order valence-corrected chi connectivity index (χ4v) is 2.71. The first kappa shape index (κ1) is 16.1. The molecular weight excluding hydrogens is 302 g/mol. The number of aryl methyl sites for hydroxylation is 1. The average Bonchev–Trinajstić information content (AvgIpc) is 2.97. The molecule has 0 amide bonds. The Kier molecular flexibility index (Phi) is 4.25. The van der Waals surface area contributed by atoms with Crippen LogP contribution in [-0.2, 0) is 6.54 Å². The fourth-order valence-electron chi connectivity index (χ4n) is 2.71. The van der Waals surface area contributed by atoms with E-state index in [0.717, 1.165) is 16.8 Å². The minimum Gasteiger partial charge on any atom is -0.508 e. The van der Waals surface area contributed by atoms with Crippen molar-refractivity contribution in [2.45, 2.75) is 33.2 Å². The van der Waals surface area contributed by atoms with Crippen LogP contribution >= 0.6 is 0 Å². The summed E-state index contributed by atoms with van der Waals surface area (Å²) in [5.74, 6) is 0.263. The van der Waals surface area contributed by atoms with Crippen molar-refractivity contribution in [2.75, 3.05) is 0 Å². The minimum absolute atomic E-state index is 0.0179. The lowest BCUT2D eigenvalue weighted by molar-refractivity contribution is 0.444. The lowest BCUT2D eigenvalue weighted by atomic mass is 9.97. The van der Waals surface area contributed by atoms with Gasteiger partial charge in [0.15, 0.2) is 0 Å². The number of aromatic nitrogens is 3. The third-order valence-electron chi connectivity index (χ3n) is 4.11. The molecule has 0 aliphatic rings. The third kappa shape index (κ3) is 3.11. The molecule has 0 fully saturated rings. The number of benzene rings is 2. The summed E-state index contributed by atoms with van der Waals surface area (Å²) in [5, 5.41) is 28.4. The third-order valence-corrected chi connectivity index (χ3v) is 4.11. The molecule has 0 unspecified atom stereocenters. The zero-order chi connectivity index (χ0) is 17.3. The predicted molar refractivity (Wildman–Crippen MR) is 93.2 cm³/mol. The van der Waals surface area contributed by atoms with Gasteiger partial charge in [0.1, 0.15) is 11.5 Å². The Hall–Kier alpha value is -2.82. The summed E-state index contributed by atoms with van der Waals surface area (Å²) in [6.07, 6.45) is 1.63. The van der Waals surface area contributed by atoms with Gasteiger partial charge >= 0.3 is 0 Å². The number of rotatable bonds is 4. The molecule has 0 radical (unpaired) electrons. The first-order valence-corrected chi connectivity index (χ1v) is 7.96. The number of phenolic OH excluding ortho intramolecular Hbond substituents is 2. The zero-order valence-electron chi connectivity index (χ0n) is 14.1. The van der Waals surface area contributed by atoms with Crippen LogP contribution in [0.5, 0.6) is 11.5 Å². The Labute approximate surface area is 141 Å². The lowest BCUT2D eigenvalue weighted by Crippen LogP contribution is -2.04. The Bertz CT molecular complexity index is 852. The van der Waals surface area contributed by atoms with Crippen LogP contribution in [0.25, 0.3) is 11.3 Å². The highest BCUT2D eigenvalue weighted by Gasteiger charge is 2.16. The van der Waals surface area contributed by atoms with E-state index in [9.17, 15) is 10.2 Å². The van der Waals surface area contributed by atoms with E-state index in [2.05, 4.69) is 34.6 Å². The van der Waals surface area contributed by atoms with Crippen molar-refractivity contribution in [1.29, 1.82) is 0 Å². The topological polar surface area (TPSA) is 71.2 Å². The lowest BCUT2D eigenvalue weighted by Gasteiger charge is -2.13. The van der Waals surface area contributed by atoms with Crippen LogP contribution in [0.3, 0.4) is 0 Å². The summed E-state index contributed by atoms with van der Waals surface area (Å²) in [7, 11) is 0. The monoisotopic (exact) mass is 323 g/mol. The van der Waals surface area contributed by atoms with Crippen molar-refractivity contribution < 1.29 is 10.2 Å². The molecule has 1 heterocycles. The molecule has 5 nitrogen and oxygen atoms in total. The highest BCUT2D eigenvalue weighted by Crippen LogP contribution is 2.37. The molecule has 124 valence electrons. The number of hydrogen-bond acceptors (Lipinski definition) is 4.